The topological polar surface area (TPSA) is 70.7 Å². The Bertz CT molecular complexity index is 996. The van der Waals surface area contributed by atoms with Crippen LogP contribution in [0.2, 0.25) is 0 Å². The van der Waals surface area contributed by atoms with Gasteiger partial charge in [0.25, 0.3) is 5.91 Å². The van der Waals surface area contributed by atoms with Gasteiger partial charge in [-0.2, -0.15) is 10.4 Å². The quantitative estimate of drug-likeness (QED) is 0.575. The Hall–Kier alpha value is -3.65. The van der Waals surface area contributed by atoms with Crippen molar-refractivity contribution < 1.29 is 4.79 Å². The highest BCUT2D eigenvalue weighted by atomic mass is 16.1. The van der Waals surface area contributed by atoms with Crippen molar-refractivity contribution in [1.82, 2.24) is 9.78 Å². The molecule has 0 aliphatic carbocycles. The fourth-order valence-electron chi connectivity index (χ4n) is 2.70. The zero-order chi connectivity index (χ0) is 18.5. The molecule has 1 N–H and O–H groups in total. The minimum absolute atomic E-state index is 0.0349. The second-order valence-electron chi connectivity index (χ2n) is 5.82. The van der Waals surface area contributed by atoms with Crippen molar-refractivity contribution in [3.63, 3.8) is 0 Å². The molecule has 0 radical (unpaired) electrons. The number of nitrogens with zero attached hydrogens (tertiary/aromatic N) is 3. The van der Waals surface area contributed by atoms with Gasteiger partial charge < -0.3 is 5.32 Å². The lowest BCUT2D eigenvalue weighted by Crippen LogP contribution is -2.13. The number of para-hydroxylation sites is 2. The van der Waals surface area contributed by atoms with E-state index in [1.54, 1.807) is 18.2 Å². The number of amides is 1. The number of hydrogen-bond acceptors (Lipinski definition) is 3. The molecule has 0 aliphatic heterocycles. The first-order valence-corrected chi connectivity index (χ1v) is 8.20. The van der Waals surface area contributed by atoms with Gasteiger partial charge in [-0.3, -0.25) is 4.79 Å². The van der Waals surface area contributed by atoms with E-state index >= 15 is 0 Å². The van der Waals surface area contributed by atoms with Crippen LogP contribution in [0.3, 0.4) is 0 Å². The predicted molar refractivity (Wildman–Crippen MR) is 102 cm³/mol. The Morgan fingerprint density at radius 3 is 2.31 bits per heavy atom. The largest absolute Gasteiger partial charge is 0.321 e. The first-order chi connectivity index (χ1) is 12.6. The summed E-state index contributed by atoms with van der Waals surface area (Å²) < 4.78 is 1.81. The smallest absolute Gasteiger partial charge is 0.266 e. The van der Waals surface area contributed by atoms with Crippen LogP contribution in [0.15, 0.2) is 66.2 Å². The summed E-state index contributed by atoms with van der Waals surface area (Å²) in [5.41, 5.74) is 4.01. The molecule has 3 aromatic rings. The molecule has 1 aromatic heterocycles. The zero-order valence-electron chi connectivity index (χ0n) is 14.6. The fourth-order valence-corrected chi connectivity index (χ4v) is 2.70. The standard InChI is InChI=1S/C21H18N4O/c1-15-20(16(2)25(24-15)19-11-7-4-8-12-19)13-17(14-22)21(26)23-18-9-5-3-6-10-18/h3-13H,1-2H3,(H,23,26)/b17-13-. The molecule has 2 aromatic carbocycles. The van der Waals surface area contributed by atoms with Crippen LogP contribution in [0.5, 0.6) is 0 Å². The van der Waals surface area contributed by atoms with E-state index in [-0.39, 0.29) is 5.57 Å². The maximum atomic E-state index is 12.4. The van der Waals surface area contributed by atoms with Gasteiger partial charge >= 0.3 is 0 Å². The van der Waals surface area contributed by atoms with E-state index in [1.165, 1.54) is 0 Å². The van der Waals surface area contributed by atoms with Gasteiger partial charge in [-0.1, -0.05) is 36.4 Å². The number of benzene rings is 2. The van der Waals surface area contributed by atoms with Gasteiger partial charge in [0.15, 0.2) is 0 Å². The summed E-state index contributed by atoms with van der Waals surface area (Å²) >= 11 is 0. The zero-order valence-corrected chi connectivity index (χ0v) is 14.6. The van der Waals surface area contributed by atoms with Crippen molar-refractivity contribution in [2.45, 2.75) is 13.8 Å². The van der Waals surface area contributed by atoms with Crippen molar-refractivity contribution in [1.29, 1.82) is 5.26 Å². The molecular formula is C21H18N4O. The number of aromatic nitrogens is 2. The number of nitrogens with one attached hydrogen (secondary N) is 1. The van der Waals surface area contributed by atoms with Crippen LogP contribution in [0, 0.1) is 25.2 Å². The molecule has 1 amide bonds. The van der Waals surface area contributed by atoms with Crippen LogP contribution >= 0.6 is 0 Å². The second-order valence-corrected chi connectivity index (χ2v) is 5.82. The van der Waals surface area contributed by atoms with Crippen LogP contribution in [0.1, 0.15) is 17.0 Å². The van der Waals surface area contributed by atoms with Gasteiger partial charge in [0.05, 0.1) is 11.4 Å². The SMILES string of the molecule is Cc1nn(-c2ccccc2)c(C)c1/C=C(/C#N)C(=O)Nc1ccccc1. The fraction of sp³-hybridized carbons (Fsp3) is 0.0952. The molecule has 128 valence electrons. The number of anilines is 1. The molecule has 0 atom stereocenters. The maximum absolute atomic E-state index is 12.4. The summed E-state index contributed by atoms with van der Waals surface area (Å²) in [7, 11) is 0. The highest BCUT2D eigenvalue weighted by Crippen LogP contribution is 2.21. The molecule has 0 unspecified atom stereocenters. The molecule has 0 saturated heterocycles. The van der Waals surface area contributed by atoms with Crippen LogP contribution < -0.4 is 5.32 Å². The third kappa shape index (κ3) is 3.55. The summed E-state index contributed by atoms with van der Waals surface area (Å²) in [6.07, 6.45) is 1.59. The van der Waals surface area contributed by atoms with Crippen molar-refractivity contribution in [2.75, 3.05) is 5.32 Å². The van der Waals surface area contributed by atoms with Gasteiger partial charge in [0.1, 0.15) is 11.6 Å². The number of nitriles is 1. The second kappa shape index (κ2) is 7.49. The lowest BCUT2D eigenvalue weighted by Gasteiger charge is -2.05. The minimum Gasteiger partial charge on any atom is -0.321 e. The van der Waals surface area contributed by atoms with Crippen molar-refractivity contribution in [2.24, 2.45) is 0 Å². The van der Waals surface area contributed by atoms with E-state index in [9.17, 15) is 10.1 Å². The van der Waals surface area contributed by atoms with Crippen LogP contribution in [0.4, 0.5) is 5.69 Å². The summed E-state index contributed by atoms with van der Waals surface area (Å²) in [5, 5.41) is 16.7. The number of rotatable bonds is 4. The van der Waals surface area contributed by atoms with Gasteiger partial charge in [-0.05, 0) is 44.2 Å². The van der Waals surface area contributed by atoms with Gasteiger partial charge in [0.2, 0.25) is 0 Å². The van der Waals surface area contributed by atoms with Gasteiger partial charge in [0, 0.05) is 16.9 Å². The lowest BCUT2D eigenvalue weighted by atomic mass is 10.1. The lowest BCUT2D eigenvalue weighted by molar-refractivity contribution is -0.112. The van der Waals surface area contributed by atoms with Gasteiger partial charge in [-0.15, -0.1) is 0 Å². The van der Waals surface area contributed by atoms with E-state index in [0.717, 1.165) is 22.6 Å². The summed E-state index contributed by atoms with van der Waals surface area (Å²) in [6, 6.07) is 20.8. The molecule has 0 bridgehead atoms. The van der Waals surface area contributed by atoms with E-state index in [2.05, 4.69) is 10.4 Å². The number of carbonyl (C=O) groups is 1. The Kier molecular flexibility index (Phi) is 4.95. The molecule has 0 fully saturated rings. The molecule has 5 heteroatoms. The summed E-state index contributed by atoms with van der Waals surface area (Å²) in [4.78, 5) is 12.4. The third-order valence-electron chi connectivity index (χ3n) is 4.03. The molecule has 0 aliphatic rings. The first-order valence-electron chi connectivity index (χ1n) is 8.20. The van der Waals surface area contributed by atoms with E-state index < -0.39 is 5.91 Å². The van der Waals surface area contributed by atoms with Crippen LogP contribution in [-0.4, -0.2) is 15.7 Å². The van der Waals surface area contributed by atoms with Crippen LogP contribution in [-0.2, 0) is 4.79 Å². The molecule has 0 saturated carbocycles. The Morgan fingerprint density at radius 2 is 1.69 bits per heavy atom. The maximum Gasteiger partial charge on any atom is 0.266 e. The molecule has 3 rings (SSSR count). The molecule has 5 nitrogen and oxygen atoms in total. The number of hydrogen-bond donors (Lipinski definition) is 1. The highest BCUT2D eigenvalue weighted by Gasteiger charge is 2.15. The average Bonchev–Trinajstić information content (AvgIpc) is 2.95. The summed E-state index contributed by atoms with van der Waals surface area (Å²) in [5.74, 6) is -0.440. The van der Waals surface area contributed by atoms with Crippen LogP contribution in [0.25, 0.3) is 11.8 Å². The molecule has 1 heterocycles. The number of aryl methyl sites for hydroxylation is 1. The predicted octanol–water partition coefficient (Wildman–Crippen LogP) is 4.03. The monoisotopic (exact) mass is 342 g/mol. The Morgan fingerprint density at radius 1 is 1.08 bits per heavy atom. The normalized spacial score (nSPS) is 11.0. The number of carbonyl (C=O) groups excluding carboxylic acids is 1. The molecule has 26 heavy (non-hydrogen) atoms. The van der Waals surface area contributed by atoms with E-state index in [1.807, 2.05) is 73.1 Å². The molecular weight excluding hydrogens is 324 g/mol. The van der Waals surface area contributed by atoms with Crippen molar-refractivity contribution >= 4 is 17.7 Å². The average molecular weight is 342 g/mol. The summed E-state index contributed by atoms with van der Waals surface area (Å²) in [6.45, 7) is 3.78. The van der Waals surface area contributed by atoms with E-state index in [0.29, 0.717) is 5.69 Å². The van der Waals surface area contributed by atoms with E-state index in [4.69, 9.17) is 0 Å². The first kappa shape index (κ1) is 17.2. The highest BCUT2D eigenvalue weighted by molar-refractivity contribution is 6.09. The Balaban J connectivity index is 1.94. The van der Waals surface area contributed by atoms with Gasteiger partial charge in [-0.25, -0.2) is 4.68 Å². The van der Waals surface area contributed by atoms with Crippen molar-refractivity contribution in [3.8, 4) is 11.8 Å². The van der Waals surface area contributed by atoms with Crippen molar-refractivity contribution in [3.05, 3.63) is 83.2 Å². The third-order valence-corrected chi connectivity index (χ3v) is 4.03. The molecule has 0 spiro atoms. The Labute approximate surface area is 152 Å². The minimum atomic E-state index is -0.440.